The van der Waals surface area contributed by atoms with Gasteiger partial charge >= 0.3 is 0 Å². The Hall–Kier alpha value is -3.09. The van der Waals surface area contributed by atoms with Crippen LogP contribution >= 0.6 is 0 Å². The minimum atomic E-state index is -0.205. The molecule has 1 saturated heterocycles. The summed E-state index contributed by atoms with van der Waals surface area (Å²) in [5, 5.41) is 0. The van der Waals surface area contributed by atoms with Crippen LogP contribution in [0.1, 0.15) is 0 Å². The summed E-state index contributed by atoms with van der Waals surface area (Å²) in [6.07, 6.45) is 4.58. The number of H-pyrrole nitrogens is 1. The van der Waals surface area contributed by atoms with Gasteiger partial charge in [0, 0.05) is 51.2 Å². The number of hydrogen-bond acceptors (Lipinski definition) is 4. The maximum absolute atomic E-state index is 12.2. The fraction of sp³-hybridized carbons (Fsp3) is 0.278. The maximum atomic E-state index is 12.2. The largest absolute Gasteiger partial charge is 0.364 e. The minimum absolute atomic E-state index is 0.0730. The van der Waals surface area contributed by atoms with Crippen molar-refractivity contribution in [2.24, 2.45) is 7.05 Å². The van der Waals surface area contributed by atoms with E-state index in [9.17, 15) is 14.4 Å². The van der Waals surface area contributed by atoms with E-state index in [4.69, 9.17) is 0 Å². The summed E-state index contributed by atoms with van der Waals surface area (Å²) in [5.74, 6) is -0.104. The molecule has 0 spiro atoms. The van der Waals surface area contributed by atoms with Gasteiger partial charge in [-0.3, -0.25) is 14.4 Å². The Balaban J connectivity index is 1.86. The molecule has 130 valence electrons. The number of amides is 1. The number of carbonyl (C=O) groups is 1. The van der Waals surface area contributed by atoms with Crippen LogP contribution in [-0.4, -0.2) is 46.5 Å². The van der Waals surface area contributed by atoms with E-state index in [2.05, 4.69) is 11.6 Å². The predicted octanol–water partition coefficient (Wildman–Crippen LogP) is 0.574. The number of nitrogens with one attached hydrogen (secondary N) is 1. The molecule has 1 fully saturated rings. The molecule has 0 radical (unpaired) electrons. The van der Waals surface area contributed by atoms with Crippen molar-refractivity contribution in [3.05, 3.63) is 64.0 Å². The summed E-state index contributed by atoms with van der Waals surface area (Å²) in [4.78, 5) is 41.9. The first-order chi connectivity index (χ1) is 11.9. The first-order valence-electron chi connectivity index (χ1n) is 7.94. The average Bonchev–Trinajstić information content (AvgIpc) is 2.56. The Kier molecular flexibility index (Phi) is 4.31. The van der Waals surface area contributed by atoms with Crippen LogP contribution in [0.25, 0.3) is 11.1 Å². The topological polar surface area (TPSA) is 78.4 Å². The van der Waals surface area contributed by atoms with Crippen molar-refractivity contribution in [1.82, 2.24) is 14.5 Å². The quantitative estimate of drug-likeness (QED) is 0.826. The summed E-state index contributed by atoms with van der Waals surface area (Å²) in [7, 11) is 3.52. The van der Waals surface area contributed by atoms with Crippen LogP contribution < -0.4 is 16.0 Å². The Bertz CT molecular complexity index is 938. The zero-order chi connectivity index (χ0) is 18.1. The monoisotopic (exact) mass is 340 g/mol. The van der Waals surface area contributed by atoms with Crippen molar-refractivity contribution in [3.63, 3.8) is 0 Å². The van der Waals surface area contributed by atoms with Crippen molar-refractivity contribution < 1.29 is 4.79 Å². The lowest BCUT2D eigenvalue weighted by atomic mass is 10.1. The van der Waals surface area contributed by atoms with E-state index in [1.807, 2.05) is 18.0 Å². The van der Waals surface area contributed by atoms with Gasteiger partial charge in [-0.15, -0.1) is 0 Å². The van der Waals surface area contributed by atoms with Gasteiger partial charge in [0.25, 0.3) is 11.1 Å². The zero-order valence-corrected chi connectivity index (χ0v) is 14.2. The van der Waals surface area contributed by atoms with E-state index in [-0.39, 0.29) is 23.1 Å². The molecule has 7 nitrogen and oxygen atoms in total. The van der Waals surface area contributed by atoms with Crippen LogP contribution in [0.4, 0.5) is 5.69 Å². The Labute approximate surface area is 144 Å². The van der Waals surface area contributed by atoms with Gasteiger partial charge in [0.1, 0.15) is 5.69 Å². The van der Waals surface area contributed by atoms with Crippen molar-refractivity contribution in [1.29, 1.82) is 0 Å². The van der Waals surface area contributed by atoms with Crippen molar-refractivity contribution >= 4 is 11.6 Å². The normalized spacial score (nSPS) is 14.1. The summed E-state index contributed by atoms with van der Waals surface area (Å²) in [6, 6.07) is 5.20. The van der Waals surface area contributed by atoms with Crippen LogP contribution in [0.5, 0.6) is 0 Å². The summed E-state index contributed by atoms with van der Waals surface area (Å²) >= 11 is 0. The van der Waals surface area contributed by atoms with Gasteiger partial charge < -0.3 is 19.4 Å². The summed E-state index contributed by atoms with van der Waals surface area (Å²) < 4.78 is 1.49. The number of hydrogen-bond donors (Lipinski definition) is 1. The molecule has 0 saturated carbocycles. The number of aromatic amines is 1. The first-order valence-corrected chi connectivity index (χ1v) is 7.94. The fourth-order valence-corrected chi connectivity index (χ4v) is 2.83. The third-order valence-corrected chi connectivity index (χ3v) is 4.60. The lowest BCUT2D eigenvalue weighted by Crippen LogP contribution is -2.60. The number of aromatic nitrogens is 2. The molecular weight excluding hydrogens is 320 g/mol. The van der Waals surface area contributed by atoms with E-state index in [0.29, 0.717) is 18.8 Å². The molecule has 2 aromatic rings. The molecule has 0 bridgehead atoms. The lowest BCUT2D eigenvalue weighted by Gasteiger charge is -2.44. The lowest BCUT2D eigenvalue weighted by molar-refractivity contribution is -0.130. The van der Waals surface area contributed by atoms with Gasteiger partial charge in [-0.1, -0.05) is 6.58 Å². The van der Waals surface area contributed by atoms with Crippen LogP contribution in [0.3, 0.4) is 0 Å². The molecule has 0 atom stereocenters. The molecule has 7 heteroatoms. The van der Waals surface area contributed by atoms with Gasteiger partial charge in [-0.2, -0.15) is 0 Å². The molecule has 0 aliphatic carbocycles. The van der Waals surface area contributed by atoms with Gasteiger partial charge in [-0.25, -0.2) is 0 Å². The molecule has 25 heavy (non-hydrogen) atoms. The Morgan fingerprint density at radius 2 is 2.04 bits per heavy atom. The van der Waals surface area contributed by atoms with E-state index < -0.39 is 0 Å². The van der Waals surface area contributed by atoms with Gasteiger partial charge in [-0.05, 0) is 23.8 Å². The van der Waals surface area contributed by atoms with Crippen molar-refractivity contribution in [2.75, 3.05) is 25.0 Å². The SMILES string of the molecule is C=CC(=O)N1CC(N(C)c2cc(-c3ccn(C)c(=O)c3)c[nH]c2=O)C1. The number of anilines is 1. The molecule has 1 aliphatic heterocycles. The molecule has 3 heterocycles. The number of pyridine rings is 2. The van der Waals surface area contributed by atoms with Gasteiger partial charge in [0.15, 0.2) is 0 Å². The molecule has 1 amide bonds. The van der Waals surface area contributed by atoms with Gasteiger partial charge in [0.05, 0.1) is 6.04 Å². The number of carbonyl (C=O) groups excluding carboxylic acids is 1. The number of likely N-dealkylation sites (tertiary alicyclic amines) is 1. The number of nitrogens with zero attached hydrogens (tertiary/aromatic N) is 3. The molecule has 1 N–H and O–H groups in total. The van der Waals surface area contributed by atoms with Crippen LogP contribution in [0.15, 0.2) is 52.8 Å². The predicted molar refractivity (Wildman–Crippen MR) is 96.7 cm³/mol. The second-order valence-corrected chi connectivity index (χ2v) is 6.18. The smallest absolute Gasteiger partial charge is 0.271 e. The first kappa shape index (κ1) is 16.8. The average molecular weight is 340 g/mol. The highest BCUT2D eigenvalue weighted by Gasteiger charge is 2.33. The maximum Gasteiger partial charge on any atom is 0.271 e. The molecule has 2 aromatic heterocycles. The van der Waals surface area contributed by atoms with Crippen LogP contribution in [0, 0.1) is 0 Å². The summed E-state index contributed by atoms with van der Waals surface area (Å²) in [5.41, 5.74) is 1.69. The van der Waals surface area contributed by atoms with Crippen molar-refractivity contribution in [3.8, 4) is 11.1 Å². The highest BCUT2D eigenvalue weighted by molar-refractivity contribution is 5.87. The Morgan fingerprint density at radius 3 is 2.68 bits per heavy atom. The Morgan fingerprint density at radius 1 is 1.32 bits per heavy atom. The molecule has 1 aliphatic rings. The second kappa shape index (κ2) is 6.43. The minimum Gasteiger partial charge on any atom is -0.364 e. The number of likely N-dealkylation sites (N-methyl/N-ethyl adjacent to an activating group) is 1. The van der Waals surface area contributed by atoms with E-state index in [1.165, 1.54) is 16.7 Å². The fourth-order valence-electron chi connectivity index (χ4n) is 2.83. The van der Waals surface area contributed by atoms with E-state index >= 15 is 0 Å². The molecule has 3 rings (SSSR count). The third kappa shape index (κ3) is 3.13. The van der Waals surface area contributed by atoms with E-state index in [0.717, 1.165) is 11.1 Å². The standard InChI is InChI=1S/C18H20N4O3/c1-4-16(23)22-10-14(11-22)21(3)15-7-13(9-19-18(15)25)12-5-6-20(2)17(24)8-12/h4-9,14H,1,10-11H2,2-3H3,(H,19,25). The highest BCUT2D eigenvalue weighted by Crippen LogP contribution is 2.23. The van der Waals surface area contributed by atoms with Crippen LogP contribution in [-0.2, 0) is 11.8 Å². The molecule has 0 aromatic carbocycles. The number of aryl methyl sites for hydroxylation is 1. The zero-order valence-electron chi connectivity index (χ0n) is 14.2. The van der Waals surface area contributed by atoms with Crippen LogP contribution in [0.2, 0.25) is 0 Å². The summed E-state index contributed by atoms with van der Waals surface area (Å²) in [6.45, 7) is 4.58. The highest BCUT2D eigenvalue weighted by atomic mass is 16.2. The van der Waals surface area contributed by atoms with Gasteiger partial charge in [0.2, 0.25) is 5.91 Å². The third-order valence-electron chi connectivity index (χ3n) is 4.60. The second-order valence-electron chi connectivity index (χ2n) is 6.18. The van der Waals surface area contributed by atoms with E-state index in [1.54, 1.807) is 30.4 Å². The molecule has 0 unspecified atom stereocenters. The van der Waals surface area contributed by atoms with Crippen molar-refractivity contribution in [2.45, 2.75) is 6.04 Å². The molecular formula is C18H20N4O3. The number of rotatable bonds is 4.